The van der Waals surface area contributed by atoms with Crippen molar-refractivity contribution in [1.82, 2.24) is 19.4 Å². The summed E-state index contributed by atoms with van der Waals surface area (Å²) in [5.74, 6) is 0.193. The Kier molecular flexibility index (Phi) is 7.01. The average molecular weight is 523 g/mol. The van der Waals surface area contributed by atoms with Gasteiger partial charge in [0.1, 0.15) is 17.4 Å². The van der Waals surface area contributed by atoms with Gasteiger partial charge in [-0.05, 0) is 60.5 Å². The number of rotatable bonds is 6. The first-order valence-corrected chi connectivity index (χ1v) is 12.4. The van der Waals surface area contributed by atoms with E-state index in [1.807, 2.05) is 6.07 Å². The van der Waals surface area contributed by atoms with Gasteiger partial charge in [0.2, 0.25) is 0 Å². The van der Waals surface area contributed by atoms with Crippen LogP contribution in [0.4, 0.5) is 10.2 Å². The average Bonchev–Trinajstić information content (AvgIpc) is 3.23. The van der Waals surface area contributed by atoms with E-state index in [0.29, 0.717) is 39.5 Å². The number of pyridine rings is 1. The Balaban J connectivity index is 1.50. The van der Waals surface area contributed by atoms with Gasteiger partial charge in [-0.3, -0.25) is 4.57 Å². The summed E-state index contributed by atoms with van der Waals surface area (Å²) in [5.41, 5.74) is 7.81. The number of benzene rings is 2. The van der Waals surface area contributed by atoms with E-state index in [9.17, 15) is 14.3 Å². The lowest BCUT2D eigenvalue weighted by Crippen LogP contribution is -2.51. The van der Waals surface area contributed by atoms with Crippen LogP contribution in [0.15, 0.2) is 65.8 Å². The van der Waals surface area contributed by atoms with Crippen LogP contribution >= 0.6 is 11.6 Å². The number of aromatic nitrogens is 3. The Morgan fingerprint density at radius 3 is 2.59 bits per heavy atom. The summed E-state index contributed by atoms with van der Waals surface area (Å²) in [6, 6.07) is 11.5. The van der Waals surface area contributed by atoms with Crippen molar-refractivity contribution in [2.75, 3.05) is 31.1 Å². The smallest absolute Gasteiger partial charge is 0.332 e. The summed E-state index contributed by atoms with van der Waals surface area (Å²) in [5, 5.41) is 15.0. The summed E-state index contributed by atoms with van der Waals surface area (Å²) in [7, 11) is 1.65. The lowest BCUT2D eigenvalue weighted by atomic mass is 9.97. The van der Waals surface area contributed by atoms with Crippen molar-refractivity contribution in [1.29, 1.82) is 0 Å². The maximum Gasteiger partial charge on any atom is 0.332 e. The Hall–Kier alpha value is -3.66. The fourth-order valence-corrected chi connectivity index (χ4v) is 5.02. The molecule has 1 fully saturated rings. The summed E-state index contributed by atoms with van der Waals surface area (Å²) in [6.07, 6.45) is 5.79. The van der Waals surface area contributed by atoms with Gasteiger partial charge in [-0.25, -0.2) is 14.2 Å². The molecule has 0 bridgehead atoms. The molecule has 8 nitrogen and oxygen atoms in total. The van der Waals surface area contributed by atoms with Crippen LogP contribution in [0.3, 0.4) is 0 Å². The maximum absolute atomic E-state index is 14.8. The number of imidazole rings is 1. The van der Waals surface area contributed by atoms with E-state index in [4.69, 9.17) is 17.3 Å². The molecule has 0 aliphatic carbocycles. The lowest BCUT2D eigenvalue weighted by molar-refractivity contribution is 0.436. The van der Waals surface area contributed by atoms with Crippen LogP contribution in [0.5, 0.6) is 5.75 Å². The zero-order valence-corrected chi connectivity index (χ0v) is 21.1. The summed E-state index contributed by atoms with van der Waals surface area (Å²) < 4.78 is 17.7. The molecule has 1 atom stereocenters. The van der Waals surface area contributed by atoms with E-state index < -0.39 is 5.82 Å². The maximum atomic E-state index is 14.8. The summed E-state index contributed by atoms with van der Waals surface area (Å²) >= 11 is 6.51. The molecular formula is C27H28ClFN6O2. The minimum atomic E-state index is -0.495. The fraction of sp³-hybridized carbons (Fsp3) is 0.259. The topological polar surface area (TPSA) is 101 Å². The third-order valence-electron chi connectivity index (χ3n) is 6.69. The Morgan fingerprint density at radius 1 is 1.16 bits per heavy atom. The molecule has 1 unspecified atom stereocenters. The van der Waals surface area contributed by atoms with Gasteiger partial charge in [-0.15, -0.1) is 0 Å². The molecule has 0 amide bonds. The molecule has 4 aromatic rings. The lowest BCUT2D eigenvalue weighted by Gasteiger charge is -2.34. The molecular weight excluding hydrogens is 495 g/mol. The van der Waals surface area contributed by atoms with Crippen LogP contribution in [-0.4, -0.2) is 51.4 Å². The fourth-order valence-electron chi connectivity index (χ4n) is 4.74. The number of aryl methyl sites for hydroxylation is 1. The van der Waals surface area contributed by atoms with E-state index in [1.165, 1.54) is 21.3 Å². The SMILES string of the molecule is Cn1ccn(-c2ccc(-c3cc(F)cc(-c4ccnc(N5CCNC(CCN)C5)c4)c3O)cc2Cl)c1=O. The largest absolute Gasteiger partial charge is 0.507 e. The van der Waals surface area contributed by atoms with Crippen molar-refractivity contribution in [3.05, 3.63) is 82.4 Å². The van der Waals surface area contributed by atoms with Gasteiger partial charge in [0.05, 0.1) is 10.7 Å². The number of piperazine rings is 1. The molecule has 0 spiro atoms. The highest BCUT2D eigenvalue weighted by molar-refractivity contribution is 6.32. The minimum absolute atomic E-state index is 0.0689. The quantitative estimate of drug-likeness (QED) is 0.358. The first-order valence-electron chi connectivity index (χ1n) is 12.1. The highest BCUT2D eigenvalue weighted by Crippen LogP contribution is 2.40. The van der Waals surface area contributed by atoms with Gasteiger partial charge in [0, 0.05) is 62.4 Å². The predicted molar refractivity (Wildman–Crippen MR) is 144 cm³/mol. The molecule has 0 saturated carbocycles. The van der Waals surface area contributed by atoms with E-state index in [1.54, 1.807) is 49.9 Å². The number of anilines is 1. The molecule has 0 radical (unpaired) electrons. The van der Waals surface area contributed by atoms with Crippen molar-refractivity contribution in [3.8, 4) is 33.7 Å². The number of aromatic hydroxyl groups is 1. The van der Waals surface area contributed by atoms with Crippen molar-refractivity contribution in [2.45, 2.75) is 12.5 Å². The normalized spacial score (nSPS) is 15.8. The second-order valence-electron chi connectivity index (χ2n) is 9.15. The van der Waals surface area contributed by atoms with Gasteiger partial charge < -0.3 is 25.6 Å². The molecule has 3 heterocycles. The Morgan fingerprint density at radius 2 is 1.92 bits per heavy atom. The number of phenols is 1. The molecule has 5 rings (SSSR count). The standard InChI is InChI=1S/C27H28ClFN6O2/c1-33-10-11-35(27(33)37)24-3-2-17(12-23(24)28)21-14-19(29)15-22(26(21)36)18-5-7-32-25(13-18)34-9-8-31-20(16-34)4-6-30/h2-3,5,7,10-15,20,31,36H,4,6,8-9,16,30H2,1H3. The monoisotopic (exact) mass is 522 g/mol. The van der Waals surface area contributed by atoms with Crippen LogP contribution in [0.2, 0.25) is 5.02 Å². The first-order chi connectivity index (χ1) is 17.9. The first kappa shape index (κ1) is 25.0. The number of phenolic OH excluding ortho intramolecular Hbond substituents is 1. The molecule has 2 aromatic carbocycles. The van der Waals surface area contributed by atoms with Gasteiger partial charge in [0.15, 0.2) is 0 Å². The molecule has 10 heteroatoms. The number of hydrogen-bond donors (Lipinski definition) is 3. The minimum Gasteiger partial charge on any atom is -0.507 e. The van der Waals surface area contributed by atoms with Crippen LogP contribution in [0, 0.1) is 5.82 Å². The van der Waals surface area contributed by atoms with Gasteiger partial charge in [-0.1, -0.05) is 17.7 Å². The highest BCUT2D eigenvalue weighted by atomic mass is 35.5. The van der Waals surface area contributed by atoms with Crippen molar-refractivity contribution >= 4 is 17.4 Å². The van der Waals surface area contributed by atoms with Crippen molar-refractivity contribution < 1.29 is 9.50 Å². The van der Waals surface area contributed by atoms with E-state index >= 15 is 0 Å². The van der Waals surface area contributed by atoms with Crippen LogP contribution in [0.25, 0.3) is 27.9 Å². The third-order valence-corrected chi connectivity index (χ3v) is 6.99. The predicted octanol–water partition coefficient (Wildman–Crippen LogP) is 3.53. The number of nitrogens with two attached hydrogens (primary N) is 1. The second-order valence-corrected chi connectivity index (χ2v) is 9.56. The summed E-state index contributed by atoms with van der Waals surface area (Å²) in [6.45, 7) is 2.97. The molecule has 1 aliphatic rings. The molecule has 1 saturated heterocycles. The molecule has 2 aromatic heterocycles. The number of halogens is 2. The molecule has 37 heavy (non-hydrogen) atoms. The van der Waals surface area contributed by atoms with Crippen LogP contribution < -0.4 is 21.6 Å². The highest BCUT2D eigenvalue weighted by Gasteiger charge is 2.21. The second kappa shape index (κ2) is 10.4. The number of nitrogens with one attached hydrogen (secondary N) is 1. The van der Waals surface area contributed by atoms with Crippen molar-refractivity contribution in [2.24, 2.45) is 12.8 Å². The van der Waals surface area contributed by atoms with Crippen LogP contribution in [0.1, 0.15) is 6.42 Å². The van der Waals surface area contributed by atoms with Gasteiger partial charge >= 0.3 is 5.69 Å². The third kappa shape index (κ3) is 4.98. The van der Waals surface area contributed by atoms with E-state index in [0.717, 1.165) is 31.9 Å². The zero-order valence-electron chi connectivity index (χ0n) is 20.4. The number of hydrogen-bond acceptors (Lipinski definition) is 6. The zero-order chi connectivity index (χ0) is 26.1. The van der Waals surface area contributed by atoms with Gasteiger partial charge in [-0.2, -0.15) is 0 Å². The van der Waals surface area contributed by atoms with Gasteiger partial charge in [0.25, 0.3) is 0 Å². The van der Waals surface area contributed by atoms with Crippen molar-refractivity contribution in [3.63, 3.8) is 0 Å². The number of nitrogens with zero attached hydrogens (tertiary/aromatic N) is 4. The molecule has 1 aliphatic heterocycles. The molecule has 192 valence electrons. The summed E-state index contributed by atoms with van der Waals surface area (Å²) in [4.78, 5) is 19.0. The Bertz CT molecular complexity index is 1500. The van der Waals surface area contributed by atoms with E-state index in [-0.39, 0.29) is 17.5 Å². The Labute approximate surface area is 218 Å². The van der Waals surface area contributed by atoms with Crippen LogP contribution in [-0.2, 0) is 7.05 Å². The van der Waals surface area contributed by atoms with E-state index in [2.05, 4.69) is 15.2 Å². The molecule has 4 N–H and O–H groups in total.